The molecular weight excluding hydrogens is 240 g/mol. The summed E-state index contributed by atoms with van der Waals surface area (Å²) in [6.07, 6.45) is 3.92. The highest BCUT2D eigenvalue weighted by atomic mass is 32.2. The molecule has 0 spiro atoms. The molecule has 6 heteroatoms. The predicted octanol–water partition coefficient (Wildman–Crippen LogP) is 2.41. The lowest BCUT2D eigenvalue weighted by Crippen LogP contribution is -2.02. The van der Waals surface area contributed by atoms with Crippen molar-refractivity contribution in [1.29, 1.82) is 0 Å². The van der Waals surface area contributed by atoms with Gasteiger partial charge < -0.3 is 5.32 Å². The minimum Gasteiger partial charge on any atom is -0.364 e. The van der Waals surface area contributed by atoms with Crippen molar-refractivity contribution in [2.75, 3.05) is 11.6 Å². The van der Waals surface area contributed by atoms with E-state index >= 15 is 0 Å². The van der Waals surface area contributed by atoms with Crippen molar-refractivity contribution in [3.63, 3.8) is 0 Å². The van der Waals surface area contributed by atoms with Crippen LogP contribution in [0.4, 0.5) is 5.82 Å². The van der Waals surface area contributed by atoms with Crippen LogP contribution in [0.3, 0.4) is 0 Å². The number of hydrogen-bond acceptors (Lipinski definition) is 6. The lowest BCUT2D eigenvalue weighted by molar-refractivity contribution is 0.988. The van der Waals surface area contributed by atoms with Gasteiger partial charge in [-0.2, -0.15) is 11.8 Å². The zero-order chi connectivity index (χ0) is 11.2. The second-order valence-corrected chi connectivity index (χ2v) is 4.71. The lowest BCUT2D eigenvalue weighted by atomic mass is 10.3. The molecule has 0 amide bonds. The fourth-order valence-electron chi connectivity index (χ4n) is 1.27. The van der Waals surface area contributed by atoms with Crippen LogP contribution in [0.1, 0.15) is 11.3 Å². The van der Waals surface area contributed by atoms with E-state index in [2.05, 4.69) is 32.2 Å². The summed E-state index contributed by atoms with van der Waals surface area (Å²) in [7, 11) is 0. The monoisotopic (exact) mass is 252 g/mol. The van der Waals surface area contributed by atoms with Gasteiger partial charge in [0.25, 0.3) is 0 Å². The molecule has 0 aliphatic rings. The van der Waals surface area contributed by atoms with Crippen LogP contribution in [0, 0.1) is 0 Å². The summed E-state index contributed by atoms with van der Waals surface area (Å²) < 4.78 is 3.81. The van der Waals surface area contributed by atoms with Crippen LogP contribution in [-0.4, -0.2) is 20.8 Å². The molecule has 0 saturated carbocycles. The Kier molecular flexibility index (Phi) is 4.12. The third-order valence-corrected chi connectivity index (χ3v) is 3.17. The van der Waals surface area contributed by atoms with E-state index in [4.69, 9.17) is 0 Å². The molecule has 0 unspecified atom stereocenters. The van der Waals surface area contributed by atoms with Crippen LogP contribution in [0.15, 0.2) is 23.7 Å². The number of anilines is 1. The smallest absolute Gasteiger partial charge is 0.126 e. The summed E-state index contributed by atoms with van der Waals surface area (Å²) >= 11 is 3.16. The van der Waals surface area contributed by atoms with E-state index in [-0.39, 0.29) is 0 Å². The number of nitrogens with zero attached hydrogens (tertiary/aromatic N) is 3. The zero-order valence-corrected chi connectivity index (χ0v) is 10.5. The van der Waals surface area contributed by atoms with Gasteiger partial charge in [-0.05, 0) is 35.5 Å². The summed E-state index contributed by atoms with van der Waals surface area (Å²) in [5.41, 5.74) is 2.23. The Morgan fingerprint density at radius 2 is 2.44 bits per heavy atom. The second kappa shape index (κ2) is 5.81. The van der Waals surface area contributed by atoms with Gasteiger partial charge in [0.2, 0.25) is 0 Å². The maximum absolute atomic E-state index is 4.26. The first kappa shape index (κ1) is 11.3. The van der Waals surface area contributed by atoms with Crippen molar-refractivity contribution < 1.29 is 0 Å². The van der Waals surface area contributed by atoms with Gasteiger partial charge >= 0.3 is 0 Å². The molecule has 0 atom stereocenters. The summed E-state index contributed by atoms with van der Waals surface area (Å²) in [4.78, 5) is 4.26. The number of nitrogens with one attached hydrogen (secondary N) is 1. The fraction of sp³-hybridized carbons (Fsp3) is 0.300. The average Bonchev–Trinajstić information content (AvgIpc) is 2.80. The van der Waals surface area contributed by atoms with E-state index in [0.29, 0.717) is 6.54 Å². The van der Waals surface area contributed by atoms with Gasteiger partial charge in [-0.1, -0.05) is 4.49 Å². The van der Waals surface area contributed by atoms with Crippen LogP contribution in [-0.2, 0) is 12.3 Å². The highest BCUT2D eigenvalue weighted by Gasteiger charge is 1.99. The topological polar surface area (TPSA) is 50.7 Å². The quantitative estimate of drug-likeness (QED) is 0.885. The molecule has 2 rings (SSSR count). The molecule has 0 saturated heterocycles. The number of rotatable bonds is 5. The number of aromatic nitrogens is 3. The Labute approximate surface area is 103 Å². The first-order valence-electron chi connectivity index (χ1n) is 4.82. The van der Waals surface area contributed by atoms with Crippen molar-refractivity contribution in [3.8, 4) is 0 Å². The van der Waals surface area contributed by atoms with Crippen molar-refractivity contribution in [1.82, 2.24) is 14.6 Å². The van der Waals surface area contributed by atoms with Gasteiger partial charge in [0.1, 0.15) is 5.82 Å². The fourth-order valence-corrected chi connectivity index (χ4v) is 2.23. The SMILES string of the molecule is CSCc1ccnc(NCc2csnn2)c1. The third-order valence-electron chi connectivity index (χ3n) is 1.99. The molecular formula is C10H12N4S2. The molecule has 0 radical (unpaired) electrons. The van der Waals surface area contributed by atoms with Crippen molar-refractivity contribution in [3.05, 3.63) is 35.0 Å². The Bertz CT molecular complexity index is 430. The van der Waals surface area contributed by atoms with E-state index in [1.165, 1.54) is 17.1 Å². The van der Waals surface area contributed by atoms with Crippen LogP contribution in [0.25, 0.3) is 0 Å². The Morgan fingerprint density at radius 3 is 3.19 bits per heavy atom. The van der Waals surface area contributed by atoms with Gasteiger partial charge in [0, 0.05) is 17.3 Å². The summed E-state index contributed by atoms with van der Waals surface area (Å²) in [5.74, 6) is 1.90. The molecule has 0 aromatic carbocycles. The molecule has 84 valence electrons. The molecule has 2 aromatic rings. The van der Waals surface area contributed by atoms with E-state index in [1.54, 1.807) is 11.8 Å². The van der Waals surface area contributed by atoms with Crippen molar-refractivity contribution >= 4 is 29.1 Å². The molecule has 0 aliphatic carbocycles. The van der Waals surface area contributed by atoms with Gasteiger partial charge in [-0.15, -0.1) is 5.10 Å². The molecule has 0 bridgehead atoms. The van der Waals surface area contributed by atoms with Gasteiger partial charge in [-0.25, -0.2) is 4.98 Å². The molecule has 2 heterocycles. The number of pyridine rings is 1. The normalized spacial score (nSPS) is 10.3. The molecule has 4 nitrogen and oxygen atoms in total. The highest BCUT2D eigenvalue weighted by Crippen LogP contribution is 2.13. The lowest BCUT2D eigenvalue weighted by Gasteiger charge is -2.04. The van der Waals surface area contributed by atoms with Crippen LogP contribution < -0.4 is 5.32 Å². The third kappa shape index (κ3) is 3.18. The van der Waals surface area contributed by atoms with Crippen LogP contribution >= 0.6 is 23.3 Å². The highest BCUT2D eigenvalue weighted by molar-refractivity contribution is 7.97. The summed E-state index contributed by atoms with van der Waals surface area (Å²) in [6.45, 7) is 0.673. The van der Waals surface area contributed by atoms with E-state index < -0.39 is 0 Å². The minimum atomic E-state index is 0.673. The van der Waals surface area contributed by atoms with Gasteiger partial charge in [0.15, 0.2) is 0 Å². The van der Waals surface area contributed by atoms with Gasteiger partial charge in [0.05, 0.1) is 12.2 Å². The zero-order valence-electron chi connectivity index (χ0n) is 8.88. The summed E-state index contributed by atoms with van der Waals surface area (Å²) in [5, 5.41) is 9.12. The molecule has 1 N–H and O–H groups in total. The van der Waals surface area contributed by atoms with Crippen LogP contribution in [0.5, 0.6) is 0 Å². The molecule has 16 heavy (non-hydrogen) atoms. The second-order valence-electron chi connectivity index (χ2n) is 3.23. The Hall–Kier alpha value is -1.14. The maximum atomic E-state index is 4.26. The molecule has 0 aliphatic heterocycles. The number of hydrogen-bond donors (Lipinski definition) is 1. The standard InChI is InChI=1S/C10H12N4S2/c1-15-6-8-2-3-11-10(4-8)12-5-9-7-16-14-13-9/h2-4,7H,5-6H2,1H3,(H,11,12). The number of thioether (sulfide) groups is 1. The largest absolute Gasteiger partial charge is 0.364 e. The first-order valence-corrected chi connectivity index (χ1v) is 7.05. The van der Waals surface area contributed by atoms with E-state index in [0.717, 1.165) is 17.3 Å². The van der Waals surface area contributed by atoms with E-state index in [1.807, 2.05) is 17.6 Å². The minimum absolute atomic E-state index is 0.673. The predicted molar refractivity (Wildman–Crippen MR) is 68.7 cm³/mol. The van der Waals surface area contributed by atoms with Crippen molar-refractivity contribution in [2.45, 2.75) is 12.3 Å². The first-order chi connectivity index (χ1) is 7.88. The molecule has 2 aromatic heterocycles. The Morgan fingerprint density at radius 1 is 1.50 bits per heavy atom. The van der Waals surface area contributed by atoms with Crippen molar-refractivity contribution in [2.24, 2.45) is 0 Å². The maximum Gasteiger partial charge on any atom is 0.126 e. The average molecular weight is 252 g/mol. The Balaban J connectivity index is 1.96. The molecule has 0 fully saturated rings. The van der Waals surface area contributed by atoms with Gasteiger partial charge in [-0.3, -0.25) is 0 Å². The summed E-state index contributed by atoms with van der Waals surface area (Å²) in [6, 6.07) is 4.10. The van der Waals surface area contributed by atoms with Crippen LogP contribution in [0.2, 0.25) is 0 Å². The van der Waals surface area contributed by atoms with E-state index in [9.17, 15) is 0 Å².